The molecule has 1 nitrogen and oxygen atoms in total. The topological polar surface area (TPSA) is 12.0 Å². The molecule has 2 rings (SSSR count). The third-order valence-corrected chi connectivity index (χ3v) is 3.68. The molecule has 0 aliphatic heterocycles. The highest BCUT2D eigenvalue weighted by Gasteiger charge is 2.19. The summed E-state index contributed by atoms with van der Waals surface area (Å²) in [6.07, 6.45) is 14.6. The van der Waals surface area contributed by atoms with Crippen molar-refractivity contribution in [2.24, 2.45) is 0 Å². The van der Waals surface area contributed by atoms with E-state index in [1.807, 2.05) is 0 Å². The molecule has 0 aromatic heterocycles. The Morgan fingerprint density at radius 3 is 1.31 bits per heavy atom. The number of hydrogen-bond donors (Lipinski definition) is 1. The zero-order valence-electron chi connectivity index (χ0n) is 8.73. The number of rotatable bonds is 2. The van der Waals surface area contributed by atoms with Crippen LogP contribution in [-0.4, -0.2) is 12.1 Å². The molecule has 0 unspecified atom stereocenters. The maximum atomic E-state index is 3.86. The van der Waals surface area contributed by atoms with Crippen LogP contribution in [0.4, 0.5) is 0 Å². The highest BCUT2D eigenvalue weighted by molar-refractivity contribution is 4.79. The normalized spacial score (nSPS) is 27.7. The monoisotopic (exact) mass is 182 g/mol. The Morgan fingerprint density at radius 2 is 0.923 bits per heavy atom. The first-order valence-corrected chi connectivity index (χ1v) is 6.21. The Hall–Kier alpha value is -0.0400. The van der Waals surface area contributed by atoms with Gasteiger partial charge in [0.1, 0.15) is 0 Å². The van der Waals surface area contributed by atoms with Gasteiger partial charge in [0.05, 0.1) is 0 Å². The lowest BCUT2D eigenvalue weighted by Gasteiger charge is -2.30. The maximum Gasteiger partial charge on any atom is 0.00696 e. The van der Waals surface area contributed by atoms with Crippen molar-refractivity contribution >= 4 is 0 Å². The predicted molar refractivity (Wildman–Crippen MR) is 56.9 cm³/mol. The minimum atomic E-state index is 0.872. The quantitative estimate of drug-likeness (QED) is 0.646. The van der Waals surface area contributed by atoms with Crippen molar-refractivity contribution < 1.29 is 0 Å². The van der Waals surface area contributed by atoms with Crippen LogP contribution in [0, 0.1) is 0 Å². The summed E-state index contributed by atoms with van der Waals surface area (Å²) in [4.78, 5) is 0. The van der Waals surface area contributed by atoms with Gasteiger partial charge in [-0.05, 0) is 25.7 Å². The van der Waals surface area contributed by atoms with Crippen molar-refractivity contribution in [3.63, 3.8) is 0 Å². The highest BCUT2D eigenvalue weighted by Crippen LogP contribution is 2.22. The molecule has 2 aliphatic carbocycles. The predicted octanol–water partition coefficient (Wildman–Crippen LogP) is 3.24. The zero-order valence-corrected chi connectivity index (χ0v) is 8.73. The molecular formula is C12H23N. The van der Waals surface area contributed by atoms with E-state index in [0.717, 1.165) is 12.1 Å². The smallest absolute Gasteiger partial charge is 0.00696 e. The second kappa shape index (κ2) is 4.99. The molecule has 76 valence electrons. The second-order valence-electron chi connectivity index (χ2n) is 4.84. The summed E-state index contributed by atoms with van der Waals surface area (Å²) in [6.45, 7) is 0. The van der Waals surface area contributed by atoms with Crippen molar-refractivity contribution in [2.45, 2.75) is 76.3 Å². The summed E-state index contributed by atoms with van der Waals surface area (Å²) < 4.78 is 0. The SMILES string of the molecule is C1CCC([15NH]C2CCCCC2)CC1. The van der Waals surface area contributed by atoms with Gasteiger partial charge in [-0.1, -0.05) is 38.5 Å². The Labute approximate surface area is 82.3 Å². The minimum absolute atomic E-state index is 0.872. The Bertz CT molecular complexity index is 116. The van der Waals surface area contributed by atoms with Crippen LogP contribution in [0.1, 0.15) is 64.2 Å². The Kier molecular flexibility index (Phi) is 3.65. The maximum absolute atomic E-state index is 3.86. The molecule has 0 aromatic rings. The summed E-state index contributed by atoms with van der Waals surface area (Å²) in [5.41, 5.74) is 0. The molecule has 1 heteroatoms. The standard InChI is InChI=1S/C12H23N/c1-3-7-11(8-4-1)13-12-9-5-2-6-10-12/h11-13H,1-10H2/i13+1. The van der Waals surface area contributed by atoms with Crippen molar-refractivity contribution in [3.8, 4) is 0 Å². The van der Waals surface area contributed by atoms with Gasteiger partial charge in [0.25, 0.3) is 0 Å². The van der Waals surface area contributed by atoms with Crippen LogP contribution in [-0.2, 0) is 0 Å². The molecule has 2 saturated carbocycles. The van der Waals surface area contributed by atoms with Gasteiger partial charge in [-0.15, -0.1) is 0 Å². The number of nitrogens with one attached hydrogen (secondary N) is 1. The Morgan fingerprint density at radius 1 is 0.538 bits per heavy atom. The third kappa shape index (κ3) is 2.98. The van der Waals surface area contributed by atoms with Crippen LogP contribution in [0.3, 0.4) is 0 Å². The number of hydrogen-bond acceptors (Lipinski definition) is 1. The lowest BCUT2D eigenvalue weighted by atomic mass is 9.93. The lowest BCUT2D eigenvalue weighted by molar-refractivity contribution is 0.291. The molecule has 0 saturated heterocycles. The molecule has 2 fully saturated rings. The van der Waals surface area contributed by atoms with Gasteiger partial charge >= 0.3 is 0 Å². The molecule has 2 aliphatic rings. The molecule has 0 spiro atoms. The second-order valence-corrected chi connectivity index (χ2v) is 4.84. The van der Waals surface area contributed by atoms with Gasteiger partial charge in [0.15, 0.2) is 0 Å². The van der Waals surface area contributed by atoms with Gasteiger partial charge in [-0.25, -0.2) is 0 Å². The fraction of sp³-hybridized carbons (Fsp3) is 1.00. The molecule has 13 heavy (non-hydrogen) atoms. The van der Waals surface area contributed by atoms with E-state index in [9.17, 15) is 0 Å². The molecule has 0 amide bonds. The minimum Gasteiger partial charge on any atom is -0.311 e. The van der Waals surface area contributed by atoms with E-state index >= 15 is 0 Å². The highest BCUT2D eigenvalue weighted by atomic mass is 15.7. The molecule has 0 radical (unpaired) electrons. The van der Waals surface area contributed by atoms with Crippen molar-refractivity contribution in [3.05, 3.63) is 0 Å². The van der Waals surface area contributed by atoms with Crippen LogP contribution >= 0.6 is 0 Å². The molecule has 0 atom stereocenters. The Balaban J connectivity index is 1.69. The first-order chi connectivity index (χ1) is 6.45. The van der Waals surface area contributed by atoms with Crippen LogP contribution in [0.2, 0.25) is 0 Å². The van der Waals surface area contributed by atoms with Crippen LogP contribution in [0.25, 0.3) is 0 Å². The fourth-order valence-corrected chi connectivity index (χ4v) is 2.87. The lowest BCUT2D eigenvalue weighted by Crippen LogP contribution is -2.40. The van der Waals surface area contributed by atoms with Crippen LogP contribution in [0.15, 0.2) is 0 Å². The molecule has 0 heterocycles. The van der Waals surface area contributed by atoms with E-state index in [2.05, 4.69) is 5.32 Å². The zero-order chi connectivity index (χ0) is 8.93. The van der Waals surface area contributed by atoms with Crippen molar-refractivity contribution in [2.75, 3.05) is 0 Å². The largest absolute Gasteiger partial charge is 0.311 e. The third-order valence-electron chi connectivity index (χ3n) is 3.68. The summed E-state index contributed by atoms with van der Waals surface area (Å²) in [7, 11) is 0. The van der Waals surface area contributed by atoms with Gasteiger partial charge in [-0.2, -0.15) is 0 Å². The first kappa shape index (κ1) is 9.51. The van der Waals surface area contributed by atoms with E-state index < -0.39 is 0 Å². The molecular weight excluding hydrogens is 159 g/mol. The average molecular weight is 182 g/mol. The van der Waals surface area contributed by atoms with E-state index in [-0.39, 0.29) is 0 Å². The van der Waals surface area contributed by atoms with E-state index in [1.165, 1.54) is 64.2 Å². The summed E-state index contributed by atoms with van der Waals surface area (Å²) in [5.74, 6) is 0. The first-order valence-electron chi connectivity index (χ1n) is 6.21. The molecule has 1 N–H and O–H groups in total. The van der Waals surface area contributed by atoms with Crippen molar-refractivity contribution in [1.29, 1.82) is 0 Å². The van der Waals surface area contributed by atoms with Gasteiger partial charge in [0.2, 0.25) is 0 Å². The van der Waals surface area contributed by atoms with E-state index in [1.54, 1.807) is 0 Å². The summed E-state index contributed by atoms with van der Waals surface area (Å²) in [5, 5.41) is 3.86. The van der Waals surface area contributed by atoms with Gasteiger partial charge in [0, 0.05) is 12.1 Å². The van der Waals surface area contributed by atoms with E-state index in [0.29, 0.717) is 0 Å². The van der Waals surface area contributed by atoms with E-state index in [4.69, 9.17) is 0 Å². The fourth-order valence-electron chi connectivity index (χ4n) is 2.87. The van der Waals surface area contributed by atoms with Gasteiger partial charge < -0.3 is 5.32 Å². The summed E-state index contributed by atoms with van der Waals surface area (Å²) in [6, 6.07) is 1.74. The molecule has 0 bridgehead atoms. The summed E-state index contributed by atoms with van der Waals surface area (Å²) >= 11 is 0. The average Bonchev–Trinajstić information content (AvgIpc) is 2.21. The van der Waals surface area contributed by atoms with Gasteiger partial charge in [-0.3, -0.25) is 0 Å². The van der Waals surface area contributed by atoms with Crippen molar-refractivity contribution in [1.82, 2.24) is 5.32 Å². The van der Waals surface area contributed by atoms with Crippen LogP contribution < -0.4 is 5.32 Å². The molecule has 0 aromatic carbocycles. The van der Waals surface area contributed by atoms with Crippen LogP contribution in [0.5, 0.6) is 0 Å².